The van der Waals surface area contributed by atoms with Crippen LogP contribution in [-0.4, -0.2) is 4.98 Å². The van der Waals surface area contributed by atoms with Crippen LogP contribution < -0.4 is 0 Å². The van der Waals surface area contributed by atoms with Gasteiger partial charge < -0.3 is 4.42 Å². The fourth-order valence-corrected chi connectivity index (χ4v) is 1.61. The maximum Gasteiger partial charge on any atom is 0.195 e. The Morgan fingerprint density at radius 3 is 2.86 bits per heavy atom. The van der Waals surface area contributed by atoms with Crippen LogP contribution in [0.1, 0.15) is 19.7 Å². The van der Waals surface area contributed by atoms with Gasteiger partial charge in [-0.2, -0.15) is 0 Å². The van der Waals surface area contributed by atoms with Gasteiger partial charge in [-0.25, -0.2) is 4.98 Å². The van der Waals surface area contributed by atoms with Crippen molar-refractivity contribution in [3.05, 3.63) is 29.1 Å². The highest BCUT2D eigenvalue weighted by molar-refractivity contribution is 6.34. The highest BCUT2D eigenvalue weighted by Crippen LogP contribution is 2.24. The van der Waals surface area contributed by atoms with E-state index in [0.717, 1.165) is 17.8 Å². The number of halogens is 1. The van der Waals surface area contributed by atoms with Crippen LogP contribution in [0.15, 0.2) is 22.6 Å². The van der Waals surface area contributed by atoms with E-state index in [1.165, 1.54) is 0 Å². The van der Waals surface area contributed by atoms with Gasteiger partial charge >= 0.3 is 0 Å². The second-order valence-corrected chi connectivity index (χ2v) is 4.20. The van der Waals surface area contributed by atoms with E-state index in [1.54, 1.807) is 0 Å². The van der Waals surface area contributed by atoms with E-state index in [9.17, 15) is 0 Å². The first-order chi connectivity index (χ1) is 6.66. The Morgan fingerprint density at radius 1 is 1.43 bits per heavy atom. The van der Waals surface area contributed by atoms with Gasteiger partial charge in [0.2, 0.25) is 0 Å². The number of fused-ring (bicyclic) bond motifs is 1. The summed E-state index contributed by atoms with van der Waals surface area (Å²) in [6.45, 7) is 4.27. The molecule has 2 rings (SSSR count). The molecule has 1 aromatic heterocycles. The predicted octanol–water partition coefficient (Wildman–Crippen LogP) is 3.68. The highest BCUT2D eigenvalue weighted by Gasteiger charge is 2.09. The summed E-state index contributed by atoms with van der Waals surface area (Å²) in [5.41, 5.74) is 1.54. The summed E-state index contributed by atoms with van der Waals surface area (Å²) in [5, 5.41) is 0.630. The monoisotopic (exact) mass is 209 g/mol. The summed E-state index contributed by atoms with van der Waals surface area (Å²) in [5.74, 6) is 1.31. The zero-order valence-electron chi connectivity index (χ0n) is 8.25. The van der Waals surface area contributed by atoms with E-state index in [1.807, 2.05) is 18.2 Å². The van der Waals surface area contributed by atoms with Gasteiger partial charge in [0, 0.05) is 6.42 Å². The summed E-state index contributed by atoms with van der Waals surface area (Å²) in [6, 6.07) is 5.61. The van der Waals surface area contributed by atoms with Crippen LogP contribution in [0, 0.1) is 5.92 Å². The first-order valence-electron chi connectivity index (χ1n) is 4.70. The number of hydrogen-bond acceptors (Lipinski definition) is 2. The zero-order chi connectivity index (χ0) is 10.1. The van der Waals surface area contributed by atoms with Gasteiger partial charge in [0.15, 0.2) is 11.5 Å². The molecule has 1 heterocycles. The number of oxazole rings is 1. The van der Waals surface area contributed by atoms with Gasteiger partial charge in [-0.1, -0.05) is 31.5 Å². The molecule has 0 aliphatic carbocycles. The lowest BCUT2D eigenvalue weighted by molar-refractivity contribution is 0.482. The van der Waals surface area contributed by atoms with Crippen molar-refractivity contribution in [2.45, 2.75) is 20.3 Å². The van der Waals surface area contributed by atoms with Crippen molar-refractivity contribution >= 4 is 22.7 Å². The summed E-state index contributed by atoms with van der Waals surface area (Å²) >= 11 is 5.97. The average Bonchev–Trinajstić information content (AvgIpc) is 2.47. The average molecular weight is 210 g/mol. The summed E-state index contributed by atoms with van der Waals surface area (Å²) in [6.07, 6.45) is 0.852. The maximum atomic E-state index is 5.97. The van der Waals surface area contributed by atoms with Crippen molar-refractivity contribution in [3.63, 3.8) is 0 Å². The number of para-hydroxylation sites is 1. The maximum absolute atomic E-state index is 5.97. The number of hydrogen-bond donors (Lipinski definition) is 0. The van der Waals surface area contributed by atoms with E-state index >= 15 is 0 Å². The molecule has 3 heteroatoms. The molecule has 0 saturated carbocycles. The third kappa shape index (κ3) is 1.75. The van der Waals surface area contributed by atoms with Gasteiger partial charge in [-0.05, 0) is 18.1 Å². The third-order valence-electron chi connectivity index (χ3n) is 1.99. The number of rotatable bonds is 2. The Hall–Kier alpha value is -1.02. The fraction of sp³-hybridized carbons (Fsp3) is 0.364. The smallest absolute Gasteiger partial charge is 0.195 e. The Morgan fingerprint density at radius 2 is 2.21 bits per heavy atom. The molecule has 0 atom stereocenters. The van der Waals surface area contributed by atoms with Crippen molar-refractivity contribution in [3.8, 4) is 0 Å². The van der Waals surface area contributed by atoms with Crippen LogP contribution in [0.5, 0.6) is 0 Å². The minimum atomic E-state index is 0.543. The van der Waals surface area contributed by atoms with Crippen LogP contribution in [0.4, 0.5) is 0 Å². The largest absolute Gasteiger partial charge is 0.439 e. The second-order valence-electron chi connectivity index (χ2n) is 3.79. The van der Waals surface area contributed by atoms with Crippen molar-refractivity contribution in [2.75, 3.05) is 0 Å². The van der Waals surface area contributed by atoms with Gasteiger partial charge in [0.1, 0.15) is 5.52 Å². The molecule has 0 unspecified atom stereocenters. The Bertz CT molecular complexity index is 447. The zero-order valence-corrected chi connectivity index (χ0v) is 9.01. The molecule has 0 amide bonds. The lowest BCUT2D eigenvalue weighted by Crippen LogP contribution is -1.93. The van der Waals surface area contributed by atoms with Gasteiger partial charge in [-0.15, -0.1) is 0 Å². The van der Waals surface area contributed by atoms with Crippen LogP contribution in [0.3, 0.4) is 0 Å². The lowest BCUT2D eigenvalue weighted by atomic mass is 10.1. The Labute approximate surface area is 87.9 Å². The summed E-state index contributed by atoms with van der Waals surface area (Å²) in [7, 11) is 0. The van der Waals surface area contributed by atoms with E-state index in [-0.39, 0.29) is 0 Å². The van der Waals surface area contributed by atoms with Crippen molar-refractivity contribution in [1.29, 1.82) is 0 Å². The molecule has 0 spiro atoms. The molecular weight excluding hydrogens is 198 g/mol. The van der Waals surface area contributed by atoms with Crippen LogP contribution in [-0.2, 0) is 6.42 Å². The number of benzene rings is 1. The third-order valence-corrected chi connectivity index (χ3v) is 2.29. The van der Waals surface area contributed by atoms with E-state index in [2.05, 4.69) is 18.8 Å². The minimum Gasteiger partial charge on any atom is -0.439 e. The molecule has 2 nitrogen and oxygen atoms in total. The van der Waals surface area contributed by atoms with Crippen molar-refractivity contribution in [1.82, 2.24) is 4.98 Å². The predicted molar refractivity (Wildman–Crippen MR) is 57.6 cm³/mol. The quantitative estimate of drug-likeness (QED) is 0.754. The Balaban J connectivity index is 2.46. The standard InChI is InChI=1S/C11H12ClNO/c1-7(2)6-10-13-9-5-3-4-8(12)11(9)14-10/h3-5,7H,6H2,1-2H3. The van der Waals surface area contributed by atoms with Gasteiger partial charge in [0.05, 0.1) is 5.02 Å². The second kappa shape index (κ2) is 3.62. The fourth-order valence-electron chi connectivity index (χ4n) is 1.40. The first kappa shape index (κ1) is 9.53. The number of nitrogens with zero attached hydrogens (tertiary/aromatic N) is 1. The SMILES string of the molecule is CC(C)Cc1nc2cccc(Cl)c2o1. The molecule has 0 radical (unpaired) electrons. The van der Waals surface area contributed by atoms with Crippen molar-refractivity contribution < 1.29 is 4.42 Å². The number of aromatic nitrogens is 1. The topological polar surface area (TPSA) is 26.0 Å². The van der Waals surface area contributed by atoms with Crippen LogP contribution in [0.2, 0.25) is 5.02 Å². The van der Waals surface area contributed by atoms with Crippen LogP contribution >= 0.6 is 11.6 Å². The molecule has 0 N–H and O–H groups in total. The molecule has 0 aliphatic heterocycles. The van der Waals surface area contributed by atoms with Gasteiger partial charge in [0.25, 0.3) is 0 Å². The molecule has 2 aromatic rings. The van der Waals surface area contributed by atoms with E-state index < -0.39 is 0 Å². The van der Waals surface area contributed by atoms with Crippen molar-refractivity contribution in [2.24, 2.45) is 5.92 Å². The molecule has 0 bridgehead atoms. The summed E-state index contributed by atoms with van der Waals surface area (Å²) < 4.78 is 5.57. The highest BCUT2D eigenvalue weighted by atomic mass is 35.5. The van der Waals surface area contributed by atoms with Gasteiger partial charge in [-0.3, -0.25) is 0 Å². The molecule has 1 aromatic carbocycles. The molecule has 0 fully saturated rings. The molecule has 74 valence electrons. The lowest BCUT2D eigenvalue weighted by Gasteiger charge is -1.97. The van der Waals surface area contributed by atoms with E-state index in [0.29, 0.717) is 16.5 Å². The Kier molecular flexibility index (Phi) is 2.46. The molecular formula is C11H12ClNO. The molecule has 14 heavy (non-hydrogen) atoms. The molecule has 0 saturated heterocycles. The minimum absolute atomic E-state index is 0.543. The van der Waals surface area contributed by atoms with E-state index in [4.69, 9.17) is 16.0 Å². The van der Waals surface area contributed by atoms with Crippen LogP contribution in [0.25, 0.3) is 11.1 Å². The summed E-state index contributed by atoms with van der Waals surface area (Å²) in [4.78, 5) is 4.36. The first-order valence-corrected chi connectivity index (χ1v) is 5.08. The normalized spacial score (nSPS) is 11.4. The molecule has 0 aliphatic rings.